The molecule has 7 heteroatoms. The third-order valence-corrected chi connectivity index (χ3v) is 6.41. The standard InChI is InChI=1S/C23H32N2O4S/c1-8-10-13-29-23-19(14-24-25(23)9-2)22(26)18-11-12-20(30(7,27)28)21(17(18)6)16(5)15(3)4/h11-12,14H,8-10,13H2,1-7H3. The van der Waals surface area contributed by atoms with E-state index in [2.05, 4.69) is 12.0 Å². The Kier molecular flexibility index (Phi) is 7.64. The van der Waals surface area contributed by atoms with Gasteiger partial charge in [-0.2, -0.15) is 5.10 Å². The maximum atomic E-state index is 13.5. The van der Waals surface area contributed by atoms with E-state index in [1.54, 1.807) is 17.7 Å². The molecule has 0 saturated heterocycles. The molecule has 0 atom stereocenters. The Hall–Kier alpha value is -2.41. The number of aryl methyl sites for hydroxylation is 1. The number of benzene rings is 1. The number of rotatable bonds is 9. The third kappa shape index (κ3) is 4.83. The number of unbranched alkanes of at least 4 members (excludes halogenated alkanes) is 1. The molecule has 0 radical (unpaired) electrons. The van der Waals surface area contributed by atoms with Crippen LogP contribution in [-0.2, 0) is 16.4 Å². The van der Waals surface area contributed by atoms with Crippen LogP contribution >= 0.6 is 0 Å². The summed E-state index contributed by atoms with van der Waals surface area (Å²) in [6.45, 7) is 12.7. The van der Waals surface area contributed by atoms with Gasteiger partial charge in [0.05, 0.1) is 17.7 Å². The van der Waals surface area contributed by atoms with Crippen LogP contribution in [0.2, 0.25) is 0 Å². The van der Waals surface area contributed by atoms with Gasteiger partial charge in [0.2, 0.25) is 5.88 Å². The fourth-order valence-corrected chi connectivity index (χ4v) is 4.32. The highest BCUT2D eigenvalue weighted by atomic mass is 32.2. The van der Waals surface area contributed by atoms with Gasteiger partial charge >= 0.3 is 0 Å². The molecule has 0 N–H and O–H groups in total. The highest BCUT2D eigenvalue weighted by Crippen LogP contribution is 2.33. The van der Waals surface area contributed by atoms with Crippen LogP contribution in [0.5, 0.6) is 5.88 Å². The Morgan fingerprint density at radius 1 is 1.13 bits per heavy atom. The molecule has 0 aliphatic rings. The van der Waals surface area contributed by atoms with Crippen LogP contribution in [0.1, 0.15) is 74.5 Å². The van der Waals surface area contributed by atoms with Crippen molar-refractivity contribution in [2.24, 2.45) is 0 Å². The number of carbonyl (C=O) groups is 1. The summed E-state index contributed by atoms with van der Waals surface area (Å²) >= 11 is 0. The van der Waals surface area contributed by atoms with Crippen molar-refractivity contribution in [2.75, 3.05) is 12.9 Å². The fourth-order valence-electron chi connectivity index (χ4n) is 3.32. The van der Waals surface area contributed by atoms with E-state index in [4.69, 9.17) is 4.74 Å². The second-order valence-corrected chi connectivity index (χ2v) is 9.70. The average molecular weight is 433 g/mol. The second kappa shape index (κ2) is 9.60. The van der Waals surface area contributed by atoms with Crippen molar-refractivity contribution in [1.82, 2.24) is 9.78 Å². The van der Waals surface area contributed by atoms with E-state index in [-0.39, 0.29) is 10.7 Å². The molecule has 0 aliphatic heterocycles. The number of nitrogens with zero attached hydrogens (tertiary/aromatic N) is 2. The Morgan fingerprint density at radius 3 is 2.33 bits per heavy atom. The topological polar surface area (TPSA) is 78.3 Å². The summed E-state index contributed by atoms with van der Waals surface area (Å²) in [6.07, 6.45) is 4.59. The molecule has 2 rings (SSSR count). The van der Waals surface area contributed by atoms with Gasteiger partial charge in [0.25, 0.3) is 0 Å². The van der Waals surface area contributed by atoms with E-state index in [1.807, 2.05) is 27.7 Å². The lowest BCUT2D eigenvalue weighted by Gasteiger charge is -2.17. The second-order valence-electron chi connectivity index (χ2n) is 7.72. The van der Waals surface area contributed by atoms with Crippen LogP contribution in [0, 0.1) is 6.92 Å². The molecule has 1 aromatic carbocycles. The van der Waals surface area contributed by atoms with Crippen LogP contribution in [-0.4, -0.2) is 36.8 Å². The molecular formula is C23H32N2O4S. The van der Waals surface area contributed by atoms with E-state index in [0.29, 0.717) is 41.3 Å². The molecule has 0 saturated carbocycles. The smallest absolute Gasteiger partial charge is 0.223 e. The van der Waals surface area contributed by atoms with Crippen molar-refractivity contribution in [3.8, 4) is 5.88 Å². The number of allylic oxidation sites excluding steroid dienone is 2. The van der Waals surface area contributed by atoms with Gasteiger partial charge in [0, 0.05) is 18.4 Å². The van der Waals surface area contributed by atoms with Crippen molar-refractivity contribution in [3.05, 3.63) is 46.2 Å². The zero-order valence-electron chi connectivity index (χ0n) is 19.0. The first-order valence-electron chi connectivity index (χ1n) is 10.3. The van der Waals surface area contributed by atoms with Crippen molar-refractivity contribution in [1.29, 1.82) is 0 Å². The minimum absolute atomic E-state index is 0.221. The zero-order valence-corrected chi connectivity index (χ0v) is 19.8. The van der Waals surface area contributed by atoms with E-state index in [1.165, 1.54) is 18.5 Å². The predicted octanol–water partition coefficient (Wildman–Crippen LogP) is 4.84. The van der Waals surface area contributed by atoms with Crippen LogP contribution in [0.3, 0.4) is 0 Å². The zero-order chi connectivity index (χ0) is 22.6. The monoisotopic (exact) mass is 432 g/mol. The SMILES string of the molecule is CCCCOc1c(C(=O)c2ccc(S(C)(=O)=O)c(C(C)=C(C)C)c2C)cnn1CC. The number of hydrogen-bond donors (Lipinski definition) is 0. The molecular weight excluding hydrogens is 400 g/mol. The first kappa shape index (κ1) is 23.9. The first-order valence-corrected chi connectivity index (χ1v) is 12.1. The van der Waals surface area contributed by atoms with Crippen molar-refractivity contribution >= 4 is 21.2 Å². The number of sulfone groups is 1. The van der Waals surface area contributed by atoms with Crippen LogP contribution in [0.4, 0.5) is 0 Å². The highest BCUT2D eigenvalue weighted by Gasteiger charge is 2.25. The molecule has 2 aromatic rings. The number of aromatic nitrogens is 2. The molecule has 30 heavy (non-hydrogen) atoms. The van der Waals surface area contributed by atoms with Crippen molar-refractivity contribution in [2.45, 2.75) is 65.8 Å². The summed E-state index contributed by atoms with van der Waals surface area (Å²) < 4.78 is 32.3. The molecule has 0 spiro atoms. The number of ether oxygens (including phenoxy) is 1. The Balaban J connectivity index is 2.66. The van der Waals surface area contributed by atoms with Crippen LogP contribution in [0.15, 0.2) is 28.8 Å². The summed E-state index contributed by atoms with van der Waals surface area (Å²) in [5.74, 6) is 0.240. The normalized spacial score (nSPS) is 11.4. The van der Waals surface area contributed by atoms with Gasteiger partial charge in [-0.1, -0.05) is 18.9 Å². The van der Waals surface area contributed by atoms with Gasteiger partial charge in [-0.05, 0) is 69.9 Å². The molecule has 6 nitrogen and oxygen atoms in total. The molecule has 0 fully saturated rings. The van der Waals surface area contributed by atoms with E-state index in [9.17, 15) is 13.2 Å². The molecule has 0 unspecified atom stereocenters. The summed E-state index contributed by atoms with van der Waals surface area (Å²) in [5, 5.41) is 4.30. The number of carbonyl (C=O) groups excluding carboxylic acids is 1. The Morgan fingerprint density at radius 2 is 1.80 bits per heavy atom. The maximum Gasteiger partial charge on any atom is 0.223 e. The largest absolute Gasteiger partial charge is 0.477 e. The molecule has 1 heterocycles. The Labute approximate surface area is 179 Å². The van der Waals surface area contributed by atoms with Gasteiger partial charge in [-0.15, -0.1) is 0 Å². The predicted molar refractivity (Wildman–Crippen MR) is 120 cm³/mol. The van der Waals surface area contributed by atoms with Gasteiger partial charge in [-0.3, -0.25) is 4.79 Å². The molecule has 0 bridgehead atoms. The van der Waals surface area contributed by atoms with Crippen LogP contribution in [0.25, 0.3) is 5.57 Å². The van der Waals surface area contributed by atoms with E-state index in [0.717, 1.165) is 24.0 Å². The summed E-state index contributed by atoms with van der Waals surface area (Å²) in [5.41, 5.74) is 3.93. The summed E-state index contributed by atoms with van der Waals surface area (Å²) in [4.78, 5) is 13.7. The van der Waals surface area contributed by atoms with Crippen LogP contribution < -0.4 is 4.74 Å². The minimum Gasteiger partial charge on any atom is -0.477 e. The molecule has 1 aromatic heterocycles. The maximum absolute atomic E-state index is 13.5. The number of hydrogen-bond acceptors (Lipinski definition) is 5. The fraction of sp³-hybridized carbons (Fsp3) is 0.478. The first-order chi connectivity index (χ1) is 14.0. The quantitative estimate of drug-likeness (QED) is 0.419. The summed E-state index contributed by atoms with van der Waals surface area (Å²) in [7, 11) is -3.45. The Bertz CT molecular complexity index is 1070. The summed E-state index contributed by atoms with van der Waals surface area (Å²) in [6, 6.07) is 3.12. The lowest BCUT2D eigenvalue weighted by Crippen LogP contribution is -2.12. The molecule has 0 aliphatic carbocycles. The van der Waals surface area contributed by atoms with Gasteiger partial charge < -0.3 is 4.74 Å². The lowest BCUT2D eigenvalue weighted by atomic mass is 9.91. The lowest BCUT2D eigenvalue weighted by molar-refractivity contribution is 0.103. The highest BCUT2D eigenvalue weighted by molar-refractivity contribution is 7.90. The van der Waals surface area contributed by atoms with E-state index < -0.39 is 9.84 Å². The molecule has 0 amide bonds. The van der Waals surface area contributed by atoms with Gasteiger partial charge in [-0.25, -0.2) is 13.1 Å². The average Bonchev–Trinajstić information content (AvgIpc) is 3.09. The number of ketones is 1. The minimum atomic E-state index is -3.45. The third-order valence-electron chi connectivity index (χ3n) is 5.27. The van der Waals surface area contributed by atoms with Crippen molar-refractivity contribution < 1.29 is 17.9 Å². The van der Waals surface area contributed by atoms with Crippen molar-refractivity contribution in [3.63, 3.8) is 0 Å². The van der Waals surface area contributed by atoms with E-state index >= 15 is 0 Å². The van der Waals surface area contributed by atoms with Gasteiger partial charge in [0.1, 0.15) is 5.56 Å². The molecule has 164 valence electrons. The van der Waals surface area contributed by atoms with Gasteiger partial charge in [0.15, 0.2) is 15.6 Å².